The zero-order valence-electron chi connectivity index (χ0n) is 19.9. The fraction of sp³-hybridized carbons (Fsp3) is 0.172. The van der Waals surface area contributed by atoms with Crippen molar-refractivity contribution in [1.82, 2.24) is 9.55 Å². The molecule has 178 valence electrons. The van der Waals surface area contributed by atoms with Crippen molar-refractivity contribution >= 4 is 11.9 Å². The Labute approximate surface area is 205 Å². The summed E-state index contributed by atoms with van der Waals surface area (Å²) in [7, 11) is 0. The van der Waals surface area contributed by atoms with E-state index in [1.165, 1.54) is 0 Å². The lowest BCUT2D eigenvalue weighted by molar-refractivity contribution is 0.104. The monoisotopic (exact) mass is 468 g/mol. The lowest BCUT2D eigenvalue weighted by atomic mass is 10.1. The van der Waals surface area contributed by atoms with Crippen molar-refractivity contribution in [2.24, 2.45) is 0 Å². The summed E-state index contributed by atoms with van der Waals surface area (Å²) in [5, 5.41) is 0. The third-order valence-electron chi connectivity index (χ3n) is 5.25. The second-order valence-corrected chi connectivity index (χ2v) is 7.72. The van der Waals surface area contributed by atoms with Gasteiger partial charge in [0.15, 0.2) is 17.3 Å². The SMILES string of the molecule is CCOc1ccc(COc2cccc(/C=C/C(=O)c3ccc(-n4ccnc4)cc3)c2)cc1OCC. The number of allylic oxidation sites excluding steroid dienone is 1. The Bertz CT molecular complexity index is 1280. The quantitative estimate of drug-likeness (QED) is 0.195. The number of benzene rings is 3. The molecular weight excluding hydrogens is 440 g/mol. The Hall–Kier alpha value is -4.32. The Morgan fingerprint density at radius 1 is 0.914 bits per heavy atom. The van der Waals surface area contributed by atoms with Gasteiger partial charge < -0.3 is 18.8 Å². The number of carbonyl (C=O) groups is 1. The molecule has 35 heavy (non-hydrogen) atoms. The van der Waals surface area contributed by atoms with Crippen molar-refractivity contribution in [2.45, 2.75) is 20.5 Å². The molecule has 1 aromatic heterocycles. The Morgan fingerprint density at radius 3 is 2.46 bits per heavy atom. The third-order valence-corrected chi connectivity index (χ3v) is 5.25. The summed E-state index contributed by atoms with van der Waals surface area (Å²) in [5.41, 5.74) is 3.44. The molecule has 0 fully saturated rings. The number of nitrogens with zero attached hydrogens (tertiary/aromatic N) is 2. The highest BCUT2D eigenvalue weighted by Crippen LogP contribution is 2.29. The lowest BCUT2D eigenvalue weighted by Gasteiger charge is -2.13. The predicted molar refractivity (Wildman–Crippen MR) is 136 cm³/mol. The van der Waals surface area contributed by atoms with Crippen LogP contribution in [0.2, 0.25) is 0 Å². The van der Waals surface area contributed by atoms with Crippen LogP contribution in [-0.2, 0) is 6.61 Å². The number of hydrogen-bond donors (Lipinski definition) is 0. The van der Waals surface area contributed by atoms with Gasteiger partial charge in [-0.3, -0.25) is 4.79 Å². The van der Waals surface area contributed by atoms with Crippen molar-refractivity contribution in [3.05, 3.63) is 108 Å². The molecule has 0 bridgehead atoms. The van der Waals surface area contributed by atoms with Crippen LogP contribution in [0.25, 0.3) is 11.8 Å². The first-order chi connectivity index (χ1) is 17.2. The molecule has 4 rings (SSSR count). The summed E-state index contributed by atoms with van der Waals surface area (Å²) in [4.78, 5) is 16.7. The normalized spacial score (nSPS) is 10.9. The van der Waals surface area contributed by atoms with Crippen LogP contribution in [0.1, 0.15) is 35.3 Å². The molecule has 1 heterocycles. The molecule has 4 aromatic rings. The van der Waals surface area contributed by atoms with Gasteiger partial charge in [0, 0.05) is 23.6 Å². The maximum absolute atomic E-state index is 12.6. The van der Waals surface area contributed by atoms with Gasteiger partial charge in [-0.15, -0.1) is 0 Å². The molecule has 0 unspecified atom stereocenters. The predicted octanol–water partition coefficient (Wildman–Crippen LogP) is 6.14. The molecule has 0 radical (unpaired) electrons. The van der Waals surface area contributed by atoms with E-state index in [0.29, 0.717) is 31.1 Å². The molecule has 6 heteroatoms. The number of rotatable bonds is 11. The van der Waals surface area contributed by atoms with E-state index in [-0.39, 0.29) is 5.78 Å². The van der Waals surface area contributed by atoms with E-state index >= 15 is 0 Å². The summed E-state index contributed by atoms with van der Waals surface area (Å²) >= 11 is 0. The standard InChI is InChI=1S/C29H28N2O4/c1-3-33-28-15-9-23(19-29(28)34-4-2)20-35-26-7-5-6-22(18-26)8-14-27(32)24-10-12-25(13-11-24)31-17-16-30-21-31/h5-19,21H,3-4,20H2,1-2H3/b14-8+. The summed E-state index contributed by atoms with van der Waals surface area (Å²) in [6.45, 7) is 5.42. The van der Waals surface area contributed by atoms with Crippen molar-refractivity contribution in [1.29, 1.82) is 0 Å². The minimum Gasteiger partial charge on any atom is -0.490 e. The highest BCUT2D eigenvalue weighted by Gasteiger charge is 2.07. The second kappa shape index (κ2) is 11.7. The van der Waals surface area contributed by atoms with Crippen LogP contribution in [0.15, 0.2) is 91.5 Å². The number of ketones is 1. The molecule has 0 aliphatic carbocycles. The number of aromatic nitrogens is 2. The third kappa shape index (κ3) is 6.38. The van der Waals surface area contributed by atoms with Gasteiger partial charge in [0.2, 0.25) is 0 Å². The number of carbonyl (C=O) groups excluding carboxylic acids is 1. The summed E-state index contributed by atoms with van der Waals surface area (Å²) in [6, 6.07) is 20.9. The van der Waals surface area contributed by atoms with Gasteiger partial charge in [-0.1, -0.05) is 24.3 Å². The fourth-order valence-corrected chi connectivity index (χ4v) is 3.54. The molecule has 0 aliphatic rings. The van der Waals surface area contributed by atoms with E-state index in [0.717, 1.165) is 28.3 Å². The lowest BCUT2D eigenvalue weighted by Crippen LogP contribution is -2.01. The molecule has 6 nitrogen and oxygen atoms in total. The van der Waals surface area contributed by atoms with E-state index in [9.17, 15) is 4.79 Å². The maximum Gasteiger partial charge on any atom is 0.185 e. The van der Waals surface area contributed by atoms with Crippen LogP contribution >= 0.6 is 0 Å². The maximum atomic E-state index is 12.6. The summed E-state index contributed by atoms with van der Waals surface area (Å²) < 4.78 is 19.2. The zero-order valence-corrected chi connectivity index (χ0v) is 19.9. The van der Waals surface area contributed by atoms with Crippen molar-refractivity contribution in [2.75, 3.05) is 13.2 Å². The van der Waals surface area contributed by atoms with Crippen LogP contribution in [0.3, 0.4) is 0 Å². The molecule has 3 aromatic carbocycles. The van der Waals surface area contributed by atoms with Crippen molar-refractivity contribution in [3.8, 4) is 22.9 Å². The molecule has 0 N–H and O–H groups in total. The molecular formula is C29H28N2O4. The van der Waals surface area contributed by atoms with Crippen LogP contribution < -0.4 is 14.2 Å². The van der Waals surface area contributed by atoms with E-state index in [1.807, 2.05) is 91.3 Å². The molecule has 0 spiro atoms. The van der Waals surface area contributed by atoms with Crippen LogP contribution in [-0.4, -0.2) is 28.5 Å². The summed E-state index contributed by atoms with van der Waals surface area (Å²) in [5.74, 6) is 2.09. The van der Waals surface area contributed by atoms with Crippen LogP contribution in [0.4, 0.5) is 0 Å². The van der Waals surface area contributed by atoms with Crippen molar-refractivity contribution < 1.29 is 19.0 Å². The van der Waals surface area contributed by atoms with Crippen molar-refractivity contribution in [3.63, 3.8) is 0 Å². The molecule has 0 atom stereocenters. The van der Waals surface area contributed by atoms with E-state index < -0.39 is 0 Å². The molecule has 0 saturated heterocycles. The van der Waals surface area contributed by atoms with Crippen LogP contribution in [0, 0.1) is 0 Å². The van der Waals surface area contributed by atoms with Gasteiger partial charge in [0.25, 0.3) is 0 Å². The second-order valence-electron chi connectivity index (χ2n) is 7.72. The number of hydrogen-bond acceptors (Lipinski definition) is 5. The molecule has 0 amide bonds. The minimum atomic E-state index is -0.0636. The minimum absolute atomic E-state index is 0.0636. The summed E-state index contributed by atoms with van der Waals surface area (Å²) in [6.07, 6.45) is 8.67. The highest BCUT2D eigenvalue weighted by molar-refractivity contribution is 6.06. The first kappa shape index (κ1) is 23.8. The van der Waals surface area contributed by atoms with Gasteiger partial charge in [-0.2, -0.15) is 0 Å². The van der Waals surface area contributed by atoms with E-state index in [1.54, 1.807) is 24.7 Å². The van der Waals surface area contributed by atoms with Gasteiger partial charge in [0.05, 0.1) is 19.5 Å². The van der Waals surface area contributed by atoms with Gasteiger partial charge in [-0.05, 0) is 79.6 Å². The number of ether oxygens (including phenoxy) is 3. The highest BCUT2D eigenvalue weighted by atomic mass is 16.5. The Balaban J connectivity index is 1.38. The number of imidazole rings is 1. The molecule has 0 aliphatic heterocycles. The topological polar surface area (TPSA) is 62.6 Å². The molecule has 0 saturated carbocycles. The largest absolute Gasteiger partial charge is 0.490 e. The van der Waals surface area contributed by atoms with Gasteiger partial charge >= 0.3 is 0 Å². The Morgan fingerprint density at radius 2 is 1.71 bits per heavy atom. The average Bonchev–Trinajstić information content (AvgIpc) is 3.43. The van der Waals surface area contributed by atoms with E-state index in [2.05, 4.69) is 4.98 Å². The fourth-order valence-electron chi connectivity index (χ4n) is 3.54. The van der Waals surface area contributed by atoms with Gasteiger partial charge in [0.1, 0.15) is 12.4 Å². The Kier molecular flexibility index (Phi) is 7.96. The average molecular weight is 469 g/mol. The smallest absolute Gasteiger partial charge is 0.185 e. The van der Waals surface area contributed by atoms with Gasteiger partial charge in [-0.25, -0.2) is 4.98 Å². The first-order valence-corrected chi connectivity index (χ1v) is 11.6. The van der Waals surface area contributed by atoms with Crippen LogP contribution in [0.5, 0.6) is 17.2 Å². The zero-order chi connectivity index (χ0) is 24.5. The van der Waals surface area contributed by atoms with E-state index in [4.69, 9.17) is 14.2 Å². The first-order valence-electron chi connectivity index (χ1n) is 11.6.